The lowest BCUT2D eigenvalue weighted by Gasteiger charge is -2.31. The topological polar surface area (TPSA) is 29.3 Å². The molecule has 1 fully saturated rings. The second-order valence-corrected chi connectivity index (χ2v) is 5.59. The summed E-state index contributed by atoms with van der Waals surface area (Å²) in [5, 5.41) is 0. The van der Waals surface area contributed by atoms with Crippen molar-refractivity contribution in [3.63, 3.8) is 0 Å². The number of hydrogen-bond acceptors (Lipinski definition) is 3. The van der Waals surface area contributed by atoms with Crippen molar-refractivity contribution in [2.75, 3.05) is 18.6 Å². The molecular weight excluding hydrogens is 212 g/mol. The molecule has 1 heterocycles. The van der Waals surface area contributed by atoms with Gasteiger partial charge in [-0.05, 0) is 25.6 Å². The van der Waals surface area contributed by atoms with Crippen molar-refractivity contribution in [1.82, 2.24) is 4.90 Å². The smallest absolute Gasteiger partial charge is 0.0743 e. The van der Waals surface area contributed by atoms with Gasteiger partial charge in [-0.15, -0.1) is 0 Å². The van der Waals surface area contributed by atoms with Gasteiger partial charge >= 0.3 is 0 Å². The van der Waals surface area contributed by atoms with E-state index in [1.807, 2.05) is 0 Å². The number of rotatable bonds is 5. The van der Waals surface area contributed by atoms with Crippen LogP contribution in [-0.4, -0.2) is 40.5 Å². The number of thioether (sulfide) groups is 1. The van der Waals surface area contributed by atoms with Crippen molar-refractivity contribution in [2.45, 2.75) is 38.3 Å². The molecule has 2 N–H and O–H groups in total. The maximum atomic E-state index is 5.60. The zero-order valence-corrected chi connectivity index (χ0v) is 10.7. The molecule has 0 spiro atoms. The molecule has 1 aliphatic heterocycles. The van der Waals surface area contributed by atoms with Crippen molar-refractivity contribution in [1.29, 1.82) is 0 Å². The van der Waals surface area contributed by atoms with Gasteiger partial charge in [0.1, 0.15) is 0 Å². The Bertz CT molecular complexity index is 191. The van der Waals surface area contributed by atoms with E-state index in [4.69, 9.17) is 18.0 Å². The molecular formula is C10H20N2S2. The van der Waals surface area contributed by atoms with Gasteiger partial charge in [-0.25, -0.2) is 0 Å². The van der Waals surface area contributed by atoms with Crippen molar-refractivity contribution < 1.29 is 0 Å². The first-order valence-electron chi connectivity index (χ1n) is 5.23. The monoisotopic (exact) mass is 232 g/mol. The molecule has 0 bridgehead atoms. The van der Waals surface area contributed by atoms with Crippen molar-refractivity contribution >= 4 is 29.0 Å². The first-order valence-corrected chi connectivity index (χ1v) is 6.79. The largest absolute Gasteiger partial charge is 0.393 e. The van der Waals surface area contributed by atoms with Crippen LogP contribution >= 0.6 is 24.0 Å². The molecule has 0 aliphatic carbocycles. The Morgan fingerprint density at radius 2 is 2.43 bits per heavy atom. The summed E-state index contributed by atoms with van der Waals surface area (Å²) in [7, 11) is 2.21. The molecule has 0 amide bonds. The minimum absolute atomic E-state index is 0.538. The van der Waals surface area contributed by atoms with Crippen molar-refractivity contribution in [3.05, 3.63) is 0 Å². The van der Waals surface area contributed by atoms with Gasteiger partial charge in [0.15, 0.2) is 0 Å². The molecule has 0 aromatic carbocycles. The molecule has 82 valence electrons. The molecule has 1 aliphatic rings. The van der Waals surface area contributed by atoms with E-state index in [2.05, 4.69) is 30.6 Å². The van der Waals surface area contributed by atoms with Crippen LogP contribution in [0, 0.1) is 0 Å². The lowest BCUT2D eigenvalue weighted by Crippen LogP contribution is -2.41. The van der Waals surface area contributed by atoms with E-state index in [9.17, 15) is 0 Å². The van der Waals surface area contributed by atoms with E-state index in [-0.39, 0.29) is 0 Å². The Morgan fingerprint density at radius 3 is 2.86 bits per heavy atom. The third-order valence-corrected chi connectivity index (χ3v) is 4.28. The zero-order valence-electron chi connectivity index (χ0n) is 9.03. The first kappa shape index (κ1) is 12.3. The molecule has 0 radical (unpaired) electrons. The predicted octanol–water partition coefficient (Wildman–Crippen LogP) is 1.88. The van der Waals surface area contributed by atoms with Crippen molar-refractivity contribution in [2.24, 2.45) is 5.73 Å². The molecule has 1 saturated heterocycles. The fourth-order valence-corrected chi connectivity index (χ4v) is 3.42. The van der Waals surface area contributed by atoms with Crippen LogP contribution in [0.4, 0.5) is 0 Å². The van der Waals surface area contributed by atoms with Crippen LogP contribution in [0.5, 0.6) is 0 Å². The number of thiocarbonyl (C=S) groups is 1. The molecule has 2 atom stereocenters. The molecule has 2 unspecified atom stereocenters. The fourth-order valence-electron chi connectivity index (χ4n) is 1.95. The molecule has 0 aromatic heterocycles. The van der Waals surface area contributed by atoms with Gasteiger partial charge in [-0.3, -0.25) is 4.90 Å². The second-order valence-electron chi connectivity index (χ2n) is 3.92. The minimum atomic E-state index is 0.538. The Kier molecular flexibility index (Phi) is 5.20. The summed E-state index contributed by atoms with van der Waals surface area (Å²) in [6, 6.07) is 1.27. The highest BCUT2D eigenvalue weighted by Gasteiger charge is 2.25. The summed E-state index contributed by atoms with van der Waals surface area (Å²) in [6.45, 7) is 2.21. The van der Waals surface area contributed by atoms with Crippen LogP contribution in [0.1, 0.15) is 26.2 Å². The highest BCUT2D eigenvalue weighted by atomic mass is 32.2. The summed E-state index contributed by atoms with van der Waals surface area (Å²) in [6.07, 6.45) is 3.31. The molecule has 0 saturated carbocycles. The number of hydrogen-bond donors (Lipinski definition) is 1. The molecule has 14 heavy (non-hydrogen) atoms. The number of nitrogens with two attached hydrogens (primary N) is 1. The Morgan fingerprint density at radius 1 is 1.71 bits per heavy atom. The Hall–Kier alpha value is 0.200. The van der Waals surface area contributed by atoms with Crippen LogP contribution in [0.2, 0.25) is 0 Å². The van der Waals surface area contributed by atoms with Crippen LogP contribution in [-0.2, 0) is 0 Å². The standard InChI is InChI=1S/C10H20N2S2/c1-3-8(6-10(11)13)12(2)9-4-5-14-7-9/h8-9H,3-7H2,1-2H3,(H2,11,13). The van der Waals surface area contributed by atoms with Gasteiger partial charge in [-0.2, -0.15) is 11.8 Å². The average Bonchev–Trinajstić information content (AvgIpc) is 2.65. The normalized spacial score (nSPS) is 24.1. The van der Waals surface area contributed by atoms with E-state index in [0.29, 0.717) is 11.0 Å². The highest BCUT2D eigenvalue weighted by Crippen LogP contribution is 2.24. The third kappa shape index (κ3) is 3.41. The van der Waals surface area contributed by atoms with E-state index < -0.39 is 0 Å². The molecule has 0 aromatic rings. The molecule has 2 nitrogen and oxygen atoms in total. The van der Waals surface area contributed by atoms with Crippen molar-refractivity contribution in [3.8, 4) is 0 Å². The Labute approximate surface area is 96.6 Å². The number of nitrogens with zero attached hydrogens (tertiary/aromatic N) is 1. The summed E-state index contributed by atoms with van der Waals surface area (Å²) >= 11 is 7.03. The quantitative estimate of drug-likeness (QED) is 0.733. The van der Waals surface area contributed by atoms with E-state index in [1.165, 1.54) is 17.9 Å². The van der Waals surface area contributed by atoms with Crippen LogP contribution in [0.15, 0.2) is 0 Å². The first-order chi connectivity index (χ1) is 6.65. The second kappa shape index (κ2) is 5.93. The van der Waals surface area contributed by atoms with Gasteiger partial charge in [0.05, 0.1) is 4.99 Å². The molecule has 4 heteroatoms. The maximum Gasteiger partial charge on any atom is 0.0743 e. The maximum absolute atomic E-state index is 5.60. The summed E-state index contributed by atoms with van der Waals surface area (Å²) < 4.78 is 0. The summed E-state index contributed by atoms with van der Waals surface area (Å²) in [4.78, 5) is 3.12. The van der Waals surface area contributed by atoms with Gasteiger partial charge in [-0.1, -0.05) is 19.1 Å². The van der Waals surface area contributed by atoms with Crippen LogP contribution in [0.3, 0.4) is 0 Å². The van der Waals surface area contributed by atoms with Gasteiger partial charge in [0.2, 0.25) is 0 Å². The lowest BCUT2D eigenvalue weighted by atomic mass is 10.1. The zero-order chi connectivity index (χ0) is 10.6. The van der Waals surface area contributed by atoms with Crippen LogP contribution < -0.4 is 5.73 Å². The fraction of sp³-hybridized carbons (Fsp3) is 0.900. The van der Waals surface area contributed by atoms with E-state index in [1.54, 1.807) is 0 Å². The predicted molar refractivity (Wildman–Crippen MR) is 69.0 cm³/mol. The molecule has 1 rings (SSSR count). The third-order valence-electron chi connectivity index (χ3n) is 2.97. The SMILES string of the molecule is CCC(CC(N)=S)N(C)C1CCSC1. The Balaban J connectivity index is 2.45. The lowest BCUT2D eigenvalue weighted by molar-refractivity contribution is 0.187. The minimum Gasteiger partial charge on any atom is -0.393 e. The van der Waals surface area contributed by atoms with Crippen LogP contribution in [0.25, 0.3) is 0 Å². The van der Waals surface area contributed by atoms with Gasteiger partial charge < -0.3 is 5.73 Å². The van der Waals surface area contributed by atoms with Gasteiger partial charge in [0.25, 0.3) is 0 Å². The average molecular weight is 232 g/mol. The highest BCUT2D eigenvalue weighted by molar-refractivity contribution is 7.99. The summed E-state index contributed by atoms with van der Waals surface area (Å²) in [5.41, 5.74) is 5.60. The van der Waals surface area contributed by atoms with E-state index in [0.717, 1.165) is 18.9 Å². The van der Waals surface area contributed by atoms with E-state index >= 15 is 0 Å². The van der Waals surface area contributed by atoms with Gasteiger partial charge in [0, 0.05) is 24.3 Å². The summed E-state index contributed by atoms with van der Waals surface area (Å²) in [5.74, 6) is 2.57.